The predicted octanol–water partition coefficient (Wildman–Crippen LogP) is 7.43. The molecule has 0 aliphatic heterocycles. The van der Waals surface area contributed by atoms with Crippen LogP contribution in [0.3, 0.4) is 0 Å². The molecule has 0 fully saturated rings. The van der Waals surface area contributed by atoms with E-state index in [9.17, 15) is 14.4 Å². The van der Waals surface area contributed by atoms with Crippen molar-refractivity contribution in [2.24, 2.45) is 0 Å². The van der Waals surface area contributed by atoms with Gasteiger partial charge < -0.3 is 10.1 Å². The normalized spacial score (nSPS) is 11.1. The van der Waals surface area contributed by atoms with Gasteiger partial charge in [0.2, 0.25) is 0 Å². The highest BCUT2D eigenvalue weighted by molar-refractivity contribution is 9.10. The zero-order chi connectivity index (χ0) is 24.0. The molecular formula is C25H18BrCl2FN2O2. The van der Waals surface area contributed by atoms with Gasteiger partial charge in [-0.25, -0.2) is 4.39 Å². The lowest BCUT2D eigenvalue weighted by molar-refractivity contribution is -0.112. The van der Waals surface area contributed by atoms with Crippen molar-refractivity contribution in [2.75, 3.05) is 11.9 Å². The van der Waals surface area contributed by atoms with Crippen LogP contribution in [0.5, 0.6) is 5.75 Å². The first kappa shape index (κ1) is 24.8. The lowest BCUT2D eigenvalue weighted by Crippen LogP contribution is -2.13. The second-order valence-corrected chi connectivity index (χ2v) is 8.64. The maximum Gasteiger partial charge on any atom is 0.266 e. The first-order valence-corrected chi connectivity index (χ1v) is 11.4. The van der Waals surface area contributed by atoms with Gasteiger partial charge in [-0.15, -0.1) is 0 Å². The molecule has 168 valence electrons. The number of rotatable bonds is 7. The molecule has 0 saturated carbocycles. The van der Waals surface area contributed by atoms with Crippen molar-refractivity contribution in [2.45, 2.75) is 13.3 Å². The van der Waals surface area contributed by atoms with Gasteiger partial charge in [-0.3, -0.25) is 4.79 Å². The SMILES string of the molecule is CCOc1cc(/C=C(\C#N)C(=O)Nc2ccc(Cl)c(Cl)c2)cc(Br)c1Cc1cccc(F)c1. The Balaban J connectivity index is 1.91. The summed E-state index contributed by atoms with van der Waals surface area (Å²) in [6.45, 7) is 2.27. The summed E-state index contributed by atoms with van der Waals surface area (Å²) in [5.74, 6) is -0.328. The molecule has 0 saturated heterocycles. The molecule has 0 heterocycles. The standard InChI is InChI=1S/C25H18BrCl2FN2O2/c1-2-33-24-12-16(11-21(26)20(24)10-15-4-3-5-18(29)9-15)8-17(14-30)25(32)31-19-6-7-22(27)23(28)13-19/h3-9,11-13H,2,10H2,1H3,(H,31,32)/b17-8+. The molecule has 1 N–H and O–H groups in total. The summed E-state index contributed by atoms with van der Waals surface area (Å²) >= 11 is 15.4. The molecule has 0 aliphatic carbocycles. The number of ether oxygens (including phenoxy) is 1. The molecule has 3 aromatic carbocycles. The zero-order valence-electron chi connectivity index (χ0n) is 17.5. The molecule has 4 nitrogen and oxygen atoms in total. The van der Waals surface area contributed by atoms with Crippen LogP contribution >= 0.6 is 39.1 Å². The molecule has 0 radical (unpaired) electrons. The Morgan fingerprint density at radius 3 is 2.64 bits per heavy atom. The maximum atomic E-state index is 13.6. The van der Waals surface area contributed by atoms with Gasteiger partial charge in [0.05, 0.1) is 16.7 Å². The minimum Gasteiger partial charge on any atom is -0.494 e. The van der Waals surface area contributed by atoms with E-state index in [1.807, 2.05) is 19.1 Å². The van der Waals surface area contributed by atoms with E-state index in [1.54, 1.807) is 30.3 Å². The van der Waals surface area contributed by atoms with Crippen LogP contribution in [0, 0.1) is 17.1 Å². The summed E-state index contributed by atoms with van der Waals surface area (Å²) < 4.78 is 20.1. The number of benzene rings is 3. The molecule has 0 atom stereocenters. The smallest absolute Gasteiger partial charge is 0.266 e. The third kappa shape index (κ3) is 6.58. The van der Waals surface area contributed by atoms with Gasteiger partial charge in [0.1, 0.15) is 23.2 Å². The molecule has 3 rings (SSSR count). The molecule has 0 unspecified atom stereocenters. The van der Waals surface area contributed by atoms with Crippen molar-refractivity contribution >= 4 is 56.8 Å². The Kier molecular flexibility index (Phi) is 8.51. The van der Waals surface area contributed by atoms with Crippen LogP contribution < -0.4 is 10.1 Å². The predicted molar refractivity (Wildman–Crippen MR) is 133 cm³/mol. The molecule has 0 bridgehead atoms. The van der Waals surface area contributed by atoms with E-state index in [-0.39, 0.29) is 16.4 Å². The fourth-order valence-electron chi connectivity index (χ4n) is 3.11. The van der Waals surface area contributed by atoms with Gasteiger partial charge in [-0.05, 0) is 66.6 Å². The molecule has 8 heteroatoms. The van der Waals surface area contributed by atoms with Gasteiger partial charge in [0.25, 0.3) is 5.91 Å². The summed E-state index contributed by atoms with van der Waals surface area (Å²) in [7, 11) is 0. The highest BCUT2D eigenvalue weighted by Crippen LogP contribution is 2.32. The molecule has 0 spiro atoms. The molecule has 1 amide bonds. The topological polar surface area (TPSA) is 62.1 Å². The van der Waals surface area contributed by atoms with Gasteiger partial charge in [-0.1, -0.05) is 51.3 Å². The second-order valence-electron chi connectivity index (χ2n) is 6.97. The number of amides is 1. The second kappa shape index (κ2) is 11.3. The van der Waals surface area contributed by atoms with Crippen molar-refractivity contribution in [3.05, 3.63) is 97.2 Å². The van der Waals surface area contributed by atoms with E-state index in [0.29, 0.717) is 39.5 Å². The Labute approximate surface area is 209 Å². The highest BCUT2D eigenvalue weighted by Gasteiger charge is 2.15. The lowest BCUT2D eigenvalue weighted by Gasteiger charge is -2.14. The van der Waals surface area contributed by atoms with Crippen molar-refractivity contribution in [3.8, 4) is 11.8 Å². The Bertz CT molecular complexity index is 1270. The van der Waals surface area contributed by atoms with Crippen molar-refractivity contribution in [1.29, 1.82) is 5.26 Å². The van der Waals surface area contributed by atoms with E-state index < -0.39 is 5.91 Å². The van der Waals surface area contributed by atoms with Crippen LogP contribution in [-0.4, -0.2) is 12.5 Å². The Morgan fingerprint density at radius 2 is 1.97 bits per heavy atom. The van der Waals surface area contributed by atoms with Gasteiger partial charge >= 0.3 is 0 Å². The van der Waals surface area contributed by atoms with Crippen molar-refractivity contribution in [1.82, 2.24) is 0 Å². The highest BCUT2D eigenvalue weighted by atomic mass is 79.9. The largest absolute Gasteiger partial charge is 0.494 e. The third-order valence-corrected chi connectivity index (χ3v) is 6.05. The summed E-state index contributed by atoms with van der Waals surface area (Å²) in [5.41, 5.74) is 2.52. The van der Waals surface area contributed by atoms with Crippen LogP contribution in [-0.2, 0) is 11.2 Å². The van der Waals surface area contributed by atoms with E-state index >= 15 is 0 Å². The van der Waals surface area contributed by atoms with Crippen LogP contribution in [0.2, 0.25) is 10.0 Å². The van der Waals surface area contributed by atoms with Crippen LogP contribution in [0.4, 0.5) is 10.1 Å². The summed E-state index contributed by atoms with van der Waals surface area (Å²) in [6, 6.07) is 16.4. The number of nitrogens with zero attached hydrogens (tertiary/aromatic N) is 1. The lowest BCUT2D eigenvalue weighted by atomic mass is 10.0. The monoisotopic (exact) mass is 546 g/mol. The molecule has 0 aromatic heterocycles. The minimum absolute atomic E-state index is 0.103. The van der Waals surface area contributed by atoms with Gasteiger partial charge in [0, 0.05) is 22.1 Å². The fourth-order valence-corrected chi connectivity index (χ4v) is 4.01. The number of nitrogens with one attached hydrogen (secondary N) is 1. The number of nitriles is 1. The fraction of sp³-hybridized carbons (Fsp3) is 0.120. The van der Waals surface area contributed by atoms with Crippen molar-refractivity contribution < 1.29 is 13.9 Å². The first-order valence-electron chi connectivity index (χ1n) is 9.88. The quantitative estimate of drug-likeness (QED) is 0.247. The number of carbonyl (C=O) groups is 1. The maximum absolute atomic E-state index is 13.6. The van der Waals surface area contributed by atoms with E-state index in [0.717, 1.165) is 11.1 Å². The summed E-state index contributed by atoms with van der Waals surface area (Å²) in [4.78, 5) is 12.6. The van der Waals surface area contributed by atoms with E-state index in [4.69, 9.17) is 27.9 Å². The Hall–Kier alpha value is -2.85. The average Bonchev–Trinajstić information content (AvgIpc) is 2.77. The summed E-state index contributed by atoms with van der Waals surface area (Å²) in [6.07, 6.45) is 1.91. The zero-order valence-corrected chi connectivity index (χ0v) is 20.6. The molecule has 0 aliphatic rings. The number of halogens is 4. The number of anilines is 1. The third-order valence-electron chi connectivity index (χ3n) is 4.60. The Morgan fingerprint density at radius 1 is 1.18 bits per heavy atom. The summed E-state index contributed by atoms with van der Waals surface area (Å²) in [5, 5.41) is 12.8. The van der Waals surface area contributed by atoms with Crippen LogP contribution in [0.25, 0.3) is 6.08 Å². The van der Waals surface area contributed by atoms with Crippen molar-refractivity contribution in [3.63, 3.8) is 0 Å². The van der Waals surface area contributed by atoms with Crippen LogP contribution in [0.15, 0.2) is 64.6 Å². The number of carbonyl (C=O) groups excluding carboxylic acids is 1. The van der Waals surface area contributed by atoms with Gasteiger partial charge in [0.15, 0.2) is 0 Å². The number of hydrogen-bond donors (Lipinski definition) is 1. The van der Waals surface area contributed by atoms with E-state index in [1.165, 1.54) is 24.3 Å². The average molecular weight is 548 g/mol. The van der Waals surface area contributed by atoms with Gasteiger partial charge in [-0.2, -0.15) is 5.26 Å². The minimum atomic E-state index is -0.589. The molecule has 33 heavy (non-hydrogen) atoms. The molecular weight excluding hydrogens is 530 g/mol. The van der Waals surface area contributed by atoms with E-state index in [2.05, 4.69) is 21.2 Å². The molecule has 3 aromatic rings. The first-order chi connectivity index (χ1) is 15.8. The van der Waals surface area contributed by atoms with Crippen LogP contribution in [0.1, 0.15) is 23.6 Å². The number of hydrogen-bond acceptors (Lipinski definition) is 3.